The molecule has 0 aliphatic carbocycles. The number of nitrogens with two attached hydrogens (primary N) is 1. The summed E-state index contributed by atoms with van der Waals surface area (Å²) in [5.41, 5.74) is 7.56. The second-order valence-electron chi connectivity index (χ2n) is 3.81. The molecule has 0 aromatic carbocycles. The van der Waals surface area contributed by atoms with Gasteiger partial charge in [-0.3, -0.25) is 9.78 Å². The average molecular weight is 221 g/mol. The molecular formula is C11H15N3O2. The van der Waals surface area contributed by atoms with Gasteiger partial charge in [-0.1, -0.05) is 0 Å². The molecule has 0 bridgehead atoms. The summed E-state index contributed by atoms with van der Waals surface area (Å²) in [5.74, 6) is -0.436. The van der Waals surface area contributed by atoms with E-state index in [4.69, 9.17) is 10.5 Å². The van der Waals surface area contributed by atoms with Gasteiger partial charge in [0.2, 0.25) is 0 Å². The first-order valence-electron chi connectivity index (χ1n) is 5.27. The van der Waals surface area contributed by atoms with Crippen molar-refractivity contribution in [3.05, 3.63) is 23.5 Å². The molecule has 1 aromatic rings. The molecule has 1 aromatic heterocycles. The Morgan fingerprint density at radius 1 is 1.50 bits per heavy atom. The number of anilines is 1. The number of pyridine rings is 1. The number of amides is 1. The van der Waals surface area contributed by atoms with E-state index in [-0.39, 0.29) is 0 Å². The van der Waals surface area contributed by atoms with Crippen LogP contribution in [0.3, 0.4) is 0 Å². The molecule has 1 aliphatic heterocycles. The van der Waals surface area contributed by atoms with E-state index in [2.05, 4.69) is 9.88 Å². The molecule has 1 fully saturated rings. The van der Waals surface area contributed by atoms with Crippen LogP contribution in [-0.4, -0.2) is 37.2 Å². The third-order valence-corrected chi connectivity index (χ3v) is 2.64. The molecule has 0 atom stereocenters. The number of primary amides is 1. The predicted molar refractivity (Wildman–Crippen MR) is 60.5 cm³/mol. The number of carbonyl (C=O) groups is 1. The third-order valence-electron chi connectivity index (χ3n) is 2.64. The largest absolute Gasteiger partial charge is 0.378 e. The number of carbonyl (C=O) groups excluding carboxylic acids is 1. The number of hydrogen-bond acceptors (Lipinski definition) is 4. The number of nitrogens with zero attached hydrogens (tertiary/aromatic N) is 2. The van der Waals surface area contributed by atoms with Gasteiger partial charge in [0.05, 0.1) is 24.5 Å². The smallest absolute Gasteiger partial charge is 0.252 e. The molecule has 1 amide bonds. The fraction of sp³-hybridized carbons (Fsp3) is 0.455. The first-order valence-corrected chi connectivity index (χ1v) is 5.27. The van der Waals surface area contributed by atoms with Gasteiger partial charge >= 0.3 is 0 Å². The van der Waals surface area contributed by atoms with E-state index in [9.17, 15) is 4.79 Å². The molecule has 0 spiro atoms. The van der Waals surface area contributed by atoms with E-state index in [0.717, 1.165) is 24.5 Å². The molecule has 2 rings (SSSR count). The maximum Gasteiger partial charge on any atom is 0.252 e. The molecule has 0 radical (unpaired) electrons. The Morgan fingerprint density at radius 2 is 2.19 bits per heavy atom. The first-order chi connectivity index (χ1) is 7.68. The first kappa shape index (κ1) is 10.9. The Hall–Kier alpha value is -1.62. The van der Waals surface area contributed by atoms with Gasteiger partial charge in [0.1, 0.15) is 0 Å². The second kappa shape index (κ2) is 4.49. The summed E-state index contributed by atoms with van der Waals surface area (Å²) in [6.07, 6.45) is 1.54. The lowest BCUT2D eigenvalue weighted by Crippen LogP contribution is -2.37. The highest BCUT2D eigenvalue weighted by molar-refractivity contribution is 5.98. The van der Waals surface area contributed by atoms with Gasteiger partial charge in [0, 0.05) is 25.0 Å². The van der Waals surface area contributed by atoms with Crippen molar-refractivity contribution in [2.24, 2.45) is 5.73 Å². The monoisotopic (exact) mass is 221 g/mol. The lowest BCUT2D eigenvalue weighted by atomic mass is 10.1. The fourth-order valence-corrected chi connectivity index (χ4v) is 1.80. The number of aryl methyl sites for hydroxylation is 1. The van der Waals surface area contributed by atoms with E-state index in [1.807, 2.05) is 13.0 Å². The maximum absolute atomic E-state index is 11.3. The van der Waals surface area contributed by atoms with Crippen LogP contribution < -0.4 is 10.6 Å². The van der Waals surface area contributed by atoms with Crippen LogP contribution in [0.25, 0.3) is 0 Å². The van der Waals surface area contributed by atoms with Crippen molar-refractivity contribution < 1.29 is 9.53 Å². The topological polar surface area (TPSA) is 68.5 Å². The molecule has 1 aliphatic rings. The van der Waals surface area contributed by atoms with Crippen LogP contribution in [0.2, 0.25) is 0 Å². The molecule has 0 unspecified atom stereocenters. The van der Waals surface area contributed by atoms with Gasteiger partial charge in [-0.2, -0.15) is 0 Å². The van der Waals surface area contributed by atoms with Gasteiger partial charge in [-0.25, -0.2) is 0 Å². The van der Waals surface area contributed by atoms with Crippen LogP contribution >= 0.6 is 0 Å². The van der Waals surface area contributed by atoms with Crippen LogP contribution in [0.4, 0.5) is 5.69 Å². The molecule has 5 heteroatoms. The zero-order valence-electron chi connectivity index (χ0n) is 9.27. The zero-order chi connectivity index (χ0) is 11.5. The molecule has 16 heavy (non-hydrogen) atoms. The molecule has 1 saturated heterocycles. The third kappa shape index (κ3) is 2.14. The van der Waals surface area contributed by atoms with E-state index >= 15 is 0 Å². The maximum atomic E-state index is 11.3. The fourth-order valence-electron chi connectivity index (χ4n) is 1.80. The van der Waals surface area contributed by atoms with E-state index in [1.54, 1.807) is 6.20 Å². The predicted octanol–water partition coefficient (Wildman–Crippen LogP) is 0.326. The molecule has 86 valence electrons. The Labute approximate surface area is 94.2 Å². The van der Waals surface area contributed by atoms with Crippen molar-refractivity contribution in [1.82, 2.24) is 4.98 Å². The van der Waals surface area contributed by atoms with E-state index < -0.39 is 5.91 Å². The van der Waals surface area contributed by atoms with Gasteiger partial charge in [0.25, 0.3) is 5.91 Å². The summed E-state index contributed by atoms with van der Waals surface area (Å²) in [7, 11) is 0. The summed E-state index contributed by atoms with van der Waals surface area (Å²) in [6.45, 7) is 4.82. The average Bonchev–Trinajstić information content (AvgIpc) is 2.29. The minimum atomic E-state index is -0.436. The lowest BCUT2D eigenvalue weighted by molar-refractivity contribution is 0.0998. The van der Waals surface area contributed by atoms with Gasteiger partial charge in [-0.15, -0.1) is 0 Å². The van der Waals surface area contributed by atoms with Crippen molar-refractivity contribution in [3.63, 3.8) is 0 Å². The van der Waals surface area contributed by atoms with Crippen LogP contribution in [0.15, 0.2) is 12.3 Å². The van der Waals surface area contributed by atoms with Crippen molar-refractivity contribution in [2.45, 2.75) is 6.92 Å². The van der Waals surface area contributed by atoms with E-state index in [1.165, 1.54) is 0 Å². The Bertz CT molecular complexity index is 400. The van der Waals surface area contributed by atoms with Crippen LogP contribution in [-0.2, 0) is 4.74 Å². The Kier molecular flexibility index (Phi) is 3.05. The normalized spacial score (nSPS) is 16.2. The molecule has 2 N–H and O–H groups in total. The number of hydrogen-bond donors (Lipinski definition) is 1. The summed E-state index contributed by atoms with van der Waals surface area (Å²) >= 11 is 0. The Balaban J connectivity index is 2.36. The highest BCUT2D eigenvalue weighted by atomic mass is 16.5. The lowest BCUT2D eigenvalue weighted by Gasteiger charge is -2.30. The summed E-state index contributed by atoms with van der Waals surface area (Å²) in [6, 6.07) is 1.89. The zero-order valence-corrected chi connectivity index (χ0v) is 9.27. The van der Waals surface area contributed by atoms with Crippen LogP contribution in [0.1, 0.15) is 16.1 Å². The Morgan fingerprint density at radius 3 is 2.81 bits per heavy atom. The molecule has 0 saturated carbocycles. The minimum absolute atomic E-state index is 0.436. The molecule has 5 nitrogen and oxygen atoms in total. The second-order valence-corrected chi connectivity index (χ2v) is 3.81. The standard InChI is InChI=1S/C11H15N3O2/c1-8-6-10(9(7-13-8)11(12)15)14-2-4-16-5-3-14/h6-7H,2-5H2,1H3,(H2,12,15). The SMILES string of the molecule is Cc1cc(N2CCOCC2)c(C(N)=O)cn1. The molecule has 2 heterocycles. The van der Waals surface area contributed by atoms with Crippen LogP contribution in [0.5, 0.6) is 0 Å². The van der Waals surface area contributed by atoms with E-state index in [0.29, 0.717) is 18.8 Å². The molecular weight excluding hydrogens is 206 g/mol. The minimum Gasteiger partial charge on any atom is -0.378 e. The van der Waals surface area contributed by atoms with Crippen molar-refractivity contribution >= 4 is 11.6 Å². The van der Waals surface area contributed by atoms with Gasteiger partial charge in [0.15, 0.2) is 0 Å². The number of aromatic nitrogens is 1. The number of ether oxygens (including phenoxy) is 1. The summed E-state index contributed by atoms with van der Waals surface area (Å²) < 4.78 is 5.28. The number of rotatable bonds is 2. The highest BCUT2D eigenvalue weighted by Crippen LogP contribution is 2.21. The van der Waals surface area contributed by atoms with Crippen molar-refractivity contribution in [1.29, 1.82) is 0 Å². The van der Waals surface area contributed by atoms with Crippen molar-refractivity contribution in [3.8, 4) is 0 Å². The quantitative estimate of drug-likeness (QED) is 0.781. The summed E-state index contributed by atoms with van der Waals surface area (Å²) in [4.78, 5) is 17.5. The van der Waals surface area contributed by atoms with Crippen molar-refractivity contribution in [2.75, 3.05) is 31.2 Å². The van der Waals surface area contributed by atoms with Crippen LogP contribution in [0, 0.1) is 6.92 Å². The summed E-state index contributed by atoms with van der Waals surface area (Å²) in [5, 5.41) is 0. The highest BCUT2D eigenvalue weighted by Gasteiger charge is 2.17. The van der Waals surface area contributed by atoms with Gasteiger partial charge < -0.3 is 15.4 Å². The number of morpholine rings is 1. The van der Waals surface area contributed by atoms with Gasteiger partial charge in [-0.05, 0) is 13.0 Å².